The molecule has 1 aromatic rings. The number of halogens is 1. The standard InChI is InChI=1S/C14H17N3O4.ClH/c18-12(9-17-8-4-7-11(17)13(19)20)16-14(21)15-10-5-2-1-3-6-10;/h1-3,5-6,11H,4,7-9H2,(H,19,20)(H2,15,16,18,21);1H/t11-;/m0./s1. The van der Waals surface area contributed by atoms with Crippen LogP contribution in [0.15, 0.2) is 30.3 Å². The Morgan fingerprint density at radius 2 is 1.91 bits per heavy atom. The quantitative estimate of drug-likeness (QED) is 0.774. The van der Waals surface area contributed by atoms with Crippen LogP contribution in [0.2, 0.25) is 0 Å². The number of carboxylic acid groups (broad SMARTS) is 1. The van der Waals surface area contributed by atoms with Crippen molar-refractivity contribution in [3.8, 4) is 0 Å². The highest BCUT2D eigenvalue weighted by Crippen LogP contribution is 2.16. The second-order valence-electron chi connectivity index (χ2n) is 4.84. The highest BCUT2D eigenvalue weighted by molar-refractivity contribution is 6.01. The van der Waals surface area contributed by atoms with E-state index in [2.05, 4.69) is 10.6 Å². The van der Waals surface area contributed by atoms with Crippen molar-refractivity contribution in [2.75, 3.05) is 18.4 Å². The zero-order chi connectivity index (χ0) is 15.2. The van der Waals surface area contributed by atoms with Gasteiger partial charge in [0.25, 0.3) is 0 Å². The molecular formula is C14H18ClN3O4. The number of carboxylic acids is 1. The average Bonchev–Trinajstić information content (AvgIpc) is 2.87. The van der Waals surface area contributed by atoms with Gasteiger partial charge in [0.2, 0.25) is 5.91 Å². The predicted octanol–water partition coefficient (Wildman–Crippen LogP) is 1.31. The first-order chi connectivity index (χ1) is 10.1. The lowest BCUT2D eigenvalue weighted by atomic mass is 10.2. The van der Waals surface area contributed by atoms with E-state index in [0.717, 1.165) is 6.42 Å². The third-order valence-electron chi connectivity index (χ3n) is 3.28. The molecule has 8 heteroatoms. The molecule has 1 aliphatic heterocycles. The largest absolute Gasteiger partial charge is 0.480 e. The minimum atomic E-state index is -0.936. The summed E-state index contributed by atoms with van der Waals surface area (Å²) in [5.74, 6) is -1.45. The van der Waals surface area contributed by atoms with Gasteiger partial charge in [0.1, 0.15) is 6.04 Å². The van der Waals surface area contributed by atoms with Crippen molar-refractivity contribution in [3.05, 3.63) is 30.3 Å². The van der Waals surface area contributed by atoms with Gasteiger partial charge in [0.05, 0.1) is 6.54 Å². The van der Waals surface area contributed by atoms with Crippen molar-refractivity contribution >= 4 is 36.0 Å². The topological polar surface area (TPSA) is 98.7 Å². The molecule has 0 unspecified atom stereocenters. The Labute approximate surface area is 134 Å². The van der Waals surface area contributed by atoms with Crippen molar-refractivity contribution in [3.63, 3.8) is 0 Å². The number of carbonyl (C=O) groups is 3. The minimum absolute atomic E-state index is 0. The molecule has 0 aliphatic carbocycles. The Balaban J connectivity index is 0.00000242. The number of urea groups is 1. The molecule has 0 aromatic heterocycles. The number of benzene rings is 1. The summed E-state index contributed by atoms with van der Waals surface area (Å²) in [5.41, 5.74) is 0.576. The normalized spacial score (nSPS) is 17.4. The van der Waals surface area contributed by atoms with E-state index in [0.29, 0.717) is 18.7 Å². The van der Waals surface area contributed by atoms with Gasteiger partial charge in [-0.1, -0.05) is 18.2 Å². The van der Waals surface area contributed by atoms with Gasteiger partial charge in [-0.2, -0.15) is 0 Å². The molecule has 1 aromatic carbocycles. The van der Waals surface area contributed by atoms with Crippen LogP contribution in [0.5, 0.6) is 0 Å². The number of nitrogens with one attached hydrogen (secondary N) is 2. The van der Waals surface area contributed by atoms with Crippen LogP contribution in [0.4, 0.5) is 10.5 Å². The first kappa shape index (κ1) is 17.9. The zero-order valence-electron chi connectivity index (χ0n) is 11.8. The van der Waals surface area contributed by atoms with E-state index >= 15 is 0 Å². The van der Waals surface area contributed by atoms with Gasteiger partial charge in [0, 0.05) is 5.69 Å². The molecule has 0 bridgehead atoms. The molecule has 22 heavy (non-hydrogen) atoms. The van der Waals surface area contributed by atoms with Gasteiger partial charge in [0.15, 0.2) is 0 Å². The Morgan fingerprint density at radius 1 is 1.23 bits per heavy atom. The zero-order valence-corrected chi connectivity index (χ0v) is 12.6. The number of nitrogens with zero attached hydrogens (tertiary/aromatic N) is 1. The van der Waals surface area contributed by atoms with Crippen molar-refractivity contribution in [2.24, 2.45) is 0 Å². The molecule has 1 aliphatic rings. The van der Waals surface area contributed by atoms with Crippen LogP contribution in [0.3, 0.4) is 0 Å². The number of para-hydroxylation sites is 1. The number of likely N-dealkylation sites (tertiary alicyclic amines) is 1. The predicted molar refractivity (Wildman–Crippen MR) is 83.1 cm³/mol. The summed E-state index contributed by atoms with van der Waals surface area (Å²) >= 11 is 0. The number of rotatable bonds is 4. The maximum atomic E-state index is 11.8. The smallest absolute Gasteiger partial charge is 0.325 e. The minimum Gasteiger partial charge on any atom is -0.480 e. The van der Waals surface area contributed by atoms with E-state index in [1.54, 1.807) is 29.2 Å². The molecular weight excluding hydrogens is 310 g/mol. The van der Waals surface area contributed by atoms with Crippen LogP contribution in [0.1, 0.15) is 12.8 Å². The van der Waals surface area contributed by atoms with Crippen LogP contribution < -0.4 is 10.6 Å². The summed E-state index contributed by atoms with van der Waals surface area (Å²) in [5, 5.41) is 13.7. The van der Waals surface area contributed by atoms with Gasteiger partial charge in [-0.05, 0) is 31.5 Å². The number of imide groups is 1. The van der Waals surface area contributed by atoms with Crippen molar-refractivity contribution in [1.29, 1.82) is 0 Å². The molecule has 0 saturated carbocycles. The Hall–Kier alpha value is -2.12. The van der Waals surface area contributed by atoms with Gasteiger partial charge in [-0.25, -0.2) is 4.79 Å². The second kappa shape index (κ2) is 8.35. The first-order valence-electron chi connectivity index (χ1n) is 6.69. The lowest BCUT2D eigenvalue weighted by Gasteiger charge is -2.19. The highest BCUT2D eigenvalue weighted by atomic mass is 35.5. The molecule has 2 rings (SSSR count). The lowest BCUT2D eigenvalue weighted by molar-refractivity contribution is -0.142. The van der Waals surface area contributed by atoms with Crippen LogP contribution in [0.25, 0.3) is 0 Å². The fourth-order valence-electron chi connectivity index (χ4n) is 2.33. The number of hydrogen-bond acceptors (Lipinski definition) is 4. The number of hydrogen-bond donors (Lipinski definition) is 3. The van der Waals surface area contributed by atoms with E-state index in [-0.39, 0.29) is 19.0 Å². The van der Waals surface area contributed by atoms with Crippen molar-refractivity contribution in [1.82, 2.24) is 10.2 Å². The summed E-state index contributed by atoms with van der Waals surface area (Å²) in [6.45, 7) is 0.448. The molecule has 0 radical (unpaired) electrons. The fourth-order valence-corrected chi connectivity index (χ4v) is 2.33. The van der Waals surface area contributed by atoms with E-state index in [1.165, 1.54) is 0 Å². The van der Waals surface area contributed by atoms with Crippen LogP contribution in [-0.2, 0) is 9.59 Å². The van der Waals surface area contributed by atoms with Crippen LogP contribution in [-0.4, -0.2) is 47.0 Å². The molecule has 0 spiro atoms. The van der Waals surface area contributed by atoms with E-state index in [1.807, 2.05) is 6.07 Å². The van der Waals surface area contributed by atoms with Gasteiger partial charge < -0.3 is 10.4 Å². The number of amides is 3. The Morgan fingerprint density at radius 3 is 2.55 bits per heavy atom. The van der Waals surface area contributed by atoms with Crippen LogP contribution >= 0.6 is 12.4 Å². The molecule has 1 saturated heterocycles. The summed E-state index contributed by atoms with van der Waals surface area (Å²) in [6.07, 6.45) is 1.26. The third kappa shape index (κ3) is 5.01. The molecule has 3 amide bonds. The van der Waals surface area contributed by atoms with Crippen molar-refractivity contribution < 1.29 is 19.5 Å². The molecule has 3 N–H and O–H groups in total. The molecule has 7 nitrogen and oxygen atoms in total. The highest BCUT2D eigenvalue weighted by Gasteiger charge is 2.31. The maximum absolute atomic E-state index is 11.8. The van der Waals surface area contributed by atoms with E-state index in [9.17, 15) is 14.4 Å². The first-order valence-corrected chi connectivity index (χ1v) is 6.69. The third-order valence-corrected chi connectivity index (χ3v) is 3.28. The Kier molecular flexibility index (Phi) is 6.81. The van der Waals surface area contributed by atoms with Crippen molar-refractivity contribution in [2.45, 2.75) is 18.9 Å². The second-order valence-corrected chi connectivity index (χ2v) is 4.84. The lowest BCUT2D eigenvalue weighted by Crippen LogP contribution is -2.45. The summed E-state index contributed by atoms with van der Waals surface area (Å²) in [6, 6.07) is 7.47. The van der Waals surface area contributed by atoms with Gasteiger partial charge in [-0.15, -0.1) is 12.4 Å². The number of anilines is 1. The molecule has 1 fully saturated rings. The molecule has 120 valence electrons. The SMILES string of the molecule is Cl.O=C(CN1CCC[C@H]1C(=O)O)NC(=O)Nc1ccccc1. The summed E-state index contributed by atoms with van der Waals surface area (Å²) in [4.78, 5) is 36.0. The summed E-state index contributed by atoms with van der Waals surface area (Å²) in [7, 11) is 0. The number of carbonyl (C=O) groups excluding carboxylic acids is 2. The monoisotopic (exact) mass is 327 g/mol. The van der Waals surface area contributed by atoms with E-state index in [4.69, 9.17) is 5.11 Å². The van der Waals surface area contributed by atoms with Gasteiger partial charge >= 0.3 is 12.0 Å². The van der Waals surface area contributed by atoms with E-state index < -0.39 is 23.9 Å². The van der Waals surface area contributed by atoms with Crippen LogP contribution in [0, 0.1) is 0 Å². The maximum Gasteiger partial charge on any atom is 0.325 e. The molecule has 1 heterocycles. The fraction of sp³-hybridized carbons (Fsp3) is 0.357. The Bertz CT molecular complexity index is 538. The van der Waals surface area contributed by atoms with Gasteiger partial charge in [-0.3, -0.25) is 19.8 Å². The summed E-state index contributed by atoms with van der Waals surface area (Å²) < 4.78 is 0. The molecule has 1 atom stereocenters. The number of aliphatic carboxylic acids is 1. The average molecular weight is 328 g/mol.